The zero-order valence-corrected chi connectivity index (χ0v) is 13.3. The van der Waals surface area contributed by atoms with Crippen molar-refractivity contribution in [3.8, 4) is 0 Å². The number of morpholine rings is 1. The van der Waals surface area contributed by atoms with E-state index in [-0.39, 0.29) is 17.9 Å². The van der Waals surface area contributed by atoms with Crippen molar-refractivity contribution in [2.45, 2.75) is 40.3 Å². The lowest BCUT2D eigenvalue weighted by molar-refractivity contribution is -0.138. The minimum absolute atomic E-state index is 0.133. The van der Waals surface area contributed by atoms with Crippen molar-refractivity contribution >= 4 is 5.91 Å². The molecule has 118 valence electrons. The number of hydrogen-bond donors (Lipinski definition) is 1. The third-order valence-corrected chi connectivity index (χ3v) is 3.80. The Morgan fingerprint density at radius 2 is 2.00 bits per heavy atom. The molecule has 21 heavy (non-hydrogen) atoms. The van der Waals surface area contributed by atoms with E-state index in [2.05, 4.69) is 10.3 Å². The summed E-state index contributed by atoms with van der Waals surface area (Å²) in [6.45, 7) is 10.9. The summed E-state index contributed by atoms with van der Waals surface area (Å²) in [6.07, 6.45) is 0. The second-order valence-electron chi connectivity index (χ2n) is 5.79. The summed E-state index contributed by atoms with van der Waals surface area (Å²) in [4.78, 5) is 18.8. The van der Waals surface area contributed by atoms with Gasteiger partial charge >= 0.3 is 0 Å². The van der Waals surface area contributed by atoms with Gasteiger partial charge < -0.3 is 14.1 Å². The fraction of sp³-hybridized carbons (Fsp3) is 0.733. The van der Waals surface area contributed by atoms with Gasteiger partial charge in [0.25, 0.3) is 0 Å². The molecule has 1 N–H and O–H groups in total. The highest BCUT2D eigenvalue weighted by atomic mass is 16.5. The number of rotatable bonds is 5. The fourth-order valence-electron chi connectivity index (χ4n) is 2.40. The summed E-state index contributed by atoms with van der Waals surface area (Å²) < 4.78 is 10.8. The van der Waals surface area contributed by atoms with E-state index in [1.165, 1.54) is 0 Å². The molecule has 0 aliphatic carbocycles. The first-order valence-electron chi connectivity index (χ1n) is 7.52. The van der Waals surface area contributed by atoms with Gasteiger partial charge in [-0.05, 0) is 19.8 Å². The maximum Gasteiger partial charge on any atom is 0.240 e. The second kappa shape index (κ2) is 7.04. The van der Waals surface area contributed by atoms with Gasteiger partial charge in [-0.2, -0.15) is 0 Å². The highest BCUT2D eigenvalue weighted by Gasteiger charge is 2.28. The molecule has 2 heterocycles. The lowest BCUT2D eigenvalue weighted by Crippen LogP contribution is -2.52. The first-order chi connectivity index (χ1) is 9.99. The van der Waals surface area contributed by atoms with Gasteiger partial charge in [0, 0.05) is 13.1 Å². The molecule has 2 rings (SSSR count). The molecule has 1 amide bonds. The predicted octanol–water partition coefficient (Wildman–Crippen LogP) is 1.26. The Labute approximate surface area is 125 Å². The topological polar surface area (TPSA) is 67.6 Å². The van der Waals surface area contributed by atoms with Crippen molar-refractivity contribution in [1.82, 2.24) is 15.2 Å². The van der Waals surface area contributed by atoms with Crippen molar-refractivity contribution in [2.24, 2.45) is 5.92 Å². The van der Waals surface area contributed by atoms with Crippen molar-refractivity contribution in [2.75, 3.05) is 26.3 Å². The fourth-order valence-corrected chi connectivity index (χ4v) is 2.40. The van der Waals surface area contributed by atoms with Gasteiger partial charge in [0.2, 0.25) is 11.8 Å². The number of nitrogens with zero attached hydrogens (tertiary/aromatic N) is 2. The van der Waals surface area contributed by atoms with Crippen LogP contribution in [0.1, 0.15) is 31.2 Å². The lowest BCUT2D eigenvalue weighted by atomic mass is 10.0. The molecule has 1 saturated heterocycles. The van der Waals surface area contributed by atoms with Crippen LogP contribution >= 0.6 is 0 Å². The molecule has 1 fully saturated rings. The number of oxazole rings is 1. The standard InChI is InChI=1S/C15H25N3O3/c1-10(2)14(15(19)18-5-7-20-8-6-18)16-9-13-17-11(3)12(4)21-13/h10,14,16H,5-9H2,1-4H3/t14-/m1/s1. The van der Waals surface area contributed by atoms with E-state index >= 15 is 0 Å². The average Bonchev–Trinajstić information content (AvgIpc) is 2.78. The van der Waals surface area contributed by atoms with Gasteiger partial charge in [-0.1, -0.05) is 13.8 Å². The quantitative estimate of drug-likeness (QED) is 0.886. The molecule has 0 bridgehead atoms. The molecule has 1 aliphatic rings. The van der Waals surface area contributed by atoms with Crippen LogP contribution in [-0.4, -0.2) is 48.1 Å². The van der Waals surface area contributed by atoms with Crippen molar-refractivity contribution in [1.29, 1.82) is 0 Å². The van der Waals surface area contributed by atoms with Crippen LogP contribution in [0.2, 0.25) is 0 Å². The first kappa shape index (κ1) is 16.0. The number of ether oxygens (including phenoxy) is 1. The molecular formula is C15H25N3O3. The maximum absolute atomic E-state index is 12.6. The molecule has 0 spiro atoms. The molecule has 1 aromatic heterocycles. The molecule has 1 atom stereocenters. The summed E-state index contributed by atoms with van der Waals surface area (Å²) in [6, 6.07) is -0.226. The summed E-state index contributed by atoms with van der Waals surface area (Å²) >= 11 is 0. The molecule has 6 nitrogen and oxygen atoms in total. The molecule has 0 saturated carbocycles. The van der Waals surface area contributed by atoms with E-state index in [9.17, 15) is 4.79 Å². The zero-order chi connectivity index (χ0) is 15.4. The van der Waals surface area contributed by atoms with E-state index in [0.717, 1.165) is 11.5 Å². The molecule has 0 radical (unpaired) electrons. The molecule has 6 heteroatoms. The lowest BCUT2D eigenvalue weighted by Gasteiger charge is -2.32. The van der Waals surface area contributed by atoms with Gasteiger partial charge in [0.1, 0.15) is 5.76 Å². The van der Waals surface area contributed by atoms with Crippen LogP contribution < -0.4 is 5.32 Å². The van der Waals surface area contributed by atoms with Crippen LogP contribution in [0.4, 0.5) is 0 Å². The monoisotopic (exact) mass is 295 g/mol. The highest BCUT2D eigenvalue weighted by Crippen LogP contribution is 2.11. The molecular weight excluding hydrogens is 270 g/mol. The summed E-state index contributed by atoms with van der Waals surface area (Å²) in [7, 11) is 0. The van der Waals surface area contributed by atoms with Crippen molar-refractivity contribution < 1.29 is 13.9 Å². The number of amides is 1. The minimum atomic E-state index is -0.226. The number of aryl methyl sites for hydroxylation is 2. The van der Waals surface area contributed by atoms with Crippen molar-refractivity contribution in [3.63, 3.8) is 0 Å². The largest absolute Gasteiger partial charge is 0.444 e. The predicted molar refractivity (Wildman–Crippen MR) is 78.8 cm³/mol. The average molecular weight is 295 g/mol. The summed E-state index contributed by atoms with van der Waals surface area (Å²) in [5.41, 5.74) is 0.896. The van der Waals surface area contributed by atoms with E-state index in [1.807, 2.05) is 32.6 Å². The van der Waals surface area contributed by atoms with Crippen LogP contribution in [0.3, 0.4) is 0 Å². The van der Waals surface area contributed by atoms with Crippen LogP contribution in [0.15, 0.2) is 4.42 Å². The Kier molecular flexibility index (Phi) is 5.36. The van der Waals surface area contributed by atoms with Gasteiger partial charge in [-0.3, -0.25) is 10.1 Å². The Morgan fingerprint density at radius 3 is 2.52 bits per heavy atom. The van der Waals surface area contributed by atoms with Gasteiger partial charge in [0.15, 0.2) is 0 Å². The van der Waals surface area contributed by atoms with E-state index < -0.39 is 0 Å². The van der Waals surface area contributed by atoms with Gasteiger partial charge in [0.05, 0.1) is 31.5 Å². The number of carbonyl (C=O) groups excluding carboxylic acids is 1. The third kappa shape index (κ3) is 4.04. The van der Waals surface area contributed by atoms with E-state index in [0.29, 0.717) is 38.7 Å². The van der Waals surface area contributed by atoms with E-state index in [4.69, 9.17) is 9.15 Å². The number of hydrogen-bond acceptors (Lipinski definition) is 5. The third-order valence-electron chi connectivity index (χ3n) is 3.80. The molecule has 0 unspecified atom stereocenters. The Bertz CT molecular complexity index is 459. The molecule has 0 aromatic carbocycles. The minimum Gasteiger partial charge on any atom is -0.444 e. The van der Waals surface area contributed by atoms with Crippen LogP contribution in [0.5, 0.6) is 0 Å². The summed E-state index contributed by atoms with van der Waals surface area (Å²) in [5.74, 6) is 1.80. The number of aromatic nitrogens is 1. The maximum atomic E-state index is 12.6. The Balaban J connectivity index is 1.96. The Hall–Kier alpha value is -1.40. The van der Waals surface area contributed by atoms with Crippen LogP contribution in [0.25, 0.3) is 0 Å². The van der Waals surface area contributed by atoms with Gasteiger partial charge in [-0.15, -0.1) is 0 Å². The van der Waals surface area contributed by atoms with Crippen molar-refractivity contribution in [3.05, 3.63) is 17.3 Å². The normalized spacial score (nSPS) is 17.3. The highest BCUT2D eigenvalue weighted by molar-refractivity contribution is 5.82. The number of carbonyl (C=O) groups is 1. The Morgan fingerprint density at radius 1 is 1.33 bits per heavy atom. The van der Waals surface area contributed by atoms with Crippen LogP contribution in [0, 0.1) is 19.8 Å². The second-order valence-corrected chi connectivity index (χ2v) is 5.79. The van der Waals surface area contributed by atoms with E-state index in [1.54, 1.807) is 0 Å². The zero-order valence-electron chi connectivity index (χ0n) is 13.3. The summed E-state index contributed by atoms with van der Waals surface area (Å²) in [5, 5.41) is 3.28. The first-order valence-corrected chi connectivity index (χ1v) is 7.52. The molecule has 1 aliphatic heterocycles. The molecule has 1 aromatic rings. The van der Waals surface area contributed by atoms with Gasteiger partial charge in [-0.25, -0.2) is 4.98 Å². The number of nitrogens with one attached hydrogen (secondary N) is 1. The SMILES string of the molecule is Cc1nc(CN[C@@H](C(=O)N2CCOCC2)C(C)C)oc1C. The van der Waals surface area contributed by atoms with Crippen LogP contribution in [-0.2, 0) is 16.1 Å². The smallest absolute Gasteiger partial charge is 0.240 e.